The van der Waals surface area contributed by atoms with Gasteiger partial charge in [0, 0.05) is 13.1 Å². The van der Waals surface area contributed by atoms with E-state index in [1.807, 2.05) is 4.90 Å². The predicted octanol–water partition coefficient (Wildman–Crippen LogP) is 2.80. The molecule has 0 fully saturated rings. The quantitative estimate of drug-likeness (QED) is 0.469. The second-order valence-corrected chi connectivity index (χ2v) is 3.96. The number of nitrogens with zero attached hydrogens (tertiary/aromatic N) is 2. The van der Waals surface area contributed by atoms with Gasteiger partial charge in [0.1, 0.15) is 11.4 Å². The van der Waals surface area contributed by atoms with E-state index in [0.29, 0.717) is 5.69 Å². The topological polar surface area (TPSA) is 72.4 Å². The van der Waals surface area contributed by atoms with E-state index in [0.717, 1.165) is 25.9 Å². The second-order valence-electron chi connectivity index (χ2n) is 3.96. The van der Waals surface area contributed by atoms with Gasteiger partial charge in [-0.2, -0.15) is 0 Å². The molecule has 2 N–H and O–H groups in total. The summed E-state index contributed by atoms with van der Waals surface area (Å²) in [7, 11) is 0. The van der Waals surface area contributed by atoms with Crippen molar-refractivity contribution in [1.82, 2.24) is 0 Å². The van der Waals surface area contributed by atoms with Crippen molar-refractivity contribution in [1.29, 1.82) is 0 Å². The molecule has 0 aromatic heterocycles. The molecule has 5 nitrogen and oxygen atoms in total. The summed E-state index contributed by atoms with van der Waals surface area (Å²) in [5.74, 6) is 0. The van der Waals surface area contributed by atoms with Crippen LogP contribution in [0.4, 0.5) is 17.1 Å². The van der Waals surface area contributed by atoms with Gasteiger partial charge in [-0.15, -0.1) is 0 Å². The Morgan fingerprint density at radius 2 is 1.88 bits per heavy atom. The zero-order valence-electron chi connectivity index (χ0n) is 10.3. The molecule has 0 aliphatic carbocycles. The molecule has 0 aliphatic heterocycles. The van der Waals surface area contributed by atoms with Crippen LogP contribution in [0.2, 0.25) is 0 Å². The normalized spacial score (nSPS) is 10.2. The van der Waals surface area contributed by atoms with Crippen LogP contribution in [0, 0.1) is 10.1 Å². The van der Waals surface area contributed by atoms with Gasteiger partial charge in [0.15, 0.2) is 0 Å². The first-order valence-corrected chi connectivity index (χ1v) is 5.89. The van der Waals surface area contributed by atoms with E-state index in [1.54, 1.807) is 18.2 Å². The van der Waals surface area contributed by atoms with Crippen LogP contribution < -0.4 is 10.6 Å². The predicted molar refractivity (Wildman–Crippen MR) is 70.3 cm³/mol. The lowest BCUT2D eigenvalue weighted by molar-refractivity contribution is -0.383. The van der Waals surface area contributed by atoms with Crippen LogP contribution in [0.15, 0.2) is 18.2 Å². The average molecular weight is 237 g/mol. The maximum atomic E-state index is 11.1. The van der Waals surface area contributed by atoms with Crippen molar-refractivity contribution >= 4 is 17.1 Å². The molecule has 0 unspecified atom stereocenters. The Kier molecular flexibility index (Phi) is 4.75. The fourth-order valence-electron chi connectivity index (χ4n) is 1.90. The van der Waals surface area contributed by atoms with Crippen molar-refractivity contribution in [2.24, 2.45) is 0 Å². The summed E-state index contributed by atoms with van der Waals surface area (Å²) in [6.07, 6.45) is 1.90. The molecule has 0 heterocycles. The maximum Gasteiger partial charge on any atom is 0.315 e. The number of hydrogen-bond acceptors (Lipinski definition) is 4. The number of nitro groups is 1. The number of para-hydroxylation sites is 1. The first-order valence-electron chi connectivity index (χ1n) is 5.89. The number of nitrogen functional groups attached to an aromatic ring is 1. The maximum absolute atomic E-state index is 11.1. The van der Waals surface area contributed by atoms with E-state index < -0.39 is 4.92 Å². The van der Waals surface area contributed by atoms with Crippen LogP contribution in [0.25, 0.3) is 0 Å². The number of rotatable bonds is 6. The molecule has 0 bridgehead atoms. The van der Waals surface area contributed by atoms with Crippen LogP contribution in [0.1, 0.15) is 26.7 Å². The van der Waals surface area contributed by atoms with Gasteiger partial charge in [0.25, 0.3) is 0 Å². The minimum Gasteiger partial charge on any atom is -0.393 e. The molecule has 0 saturated carbocycles. The van der Waals surface area contributed by atoms with Crippen LogP contribution in [-0.2, 0) is 0 Å². The molecule has 1 aromatic carbocycles. The Morgan fingerprint density at radius 1 is 1.29 bits per heavy atom. The lowest BCUT2D eigenvalue weighted by Gasteiger charge is -2.23. The van der Waals surface area contributed by atoms with E-state index >= 15 is 0 Å². The van der Waals surface area contributed by atoms with E-state index in [4.69, 9.17) is 5.73 Å². The third-order valence-corrected chi connectivity index (χ3v) is 2.56. The fraction of sp³-hybridized carbons (Fsp3) is 0.500. The zero-order valence-corrected chi connectivity index (χ0v) is 10.3. The van der Waals surface area contributed by atoms with Gasteiger partial charge in [0.2, 0.25) is 0 Å². The molecule has 5 heteroatoms. The highest BCUT2D eigenvalue weighted by Gasteiger charge is 2.21. The number of nitro benzene ring substituents is 1. The first kappa shape index (κ1) is 13.3. The summed E-state index contributed by atoms with van der Waals surface area (Å²) in [6, 6.07) is 5.09. The lowest BCUT2D eigenvalue weighted by atomic mass is 10.2. The van der Waals surface area contributed by atoms with Crippen LogP contribution in [0.3, 0.4) is 0 Å². The van der Waals surface area contributed by atoms with E-state index in [1.165, 1.54) is 0 Å². The molecule has 0 spiro atoms. The summed E-state index contributed by atoms with van der Waals surface area (Å²) in [5, 5.41) is 11.1. The molecule has 0 aliphatic rings. The minimum atomic E-state index is -0.400. The van der Waals surface area contributed by atoms with Crippen molar-refractivity contribution in [3.63, 3.8) is 0 Å². The number of hydrogen-bond donors (Lipinski definition) is 1. The monoisotopic (exact) mass is 237 g/mol. The SMILES string of the molecule is CCCN(CCC)c1cccc(N)c1[N+](=O)[O-]. The van der Waals surface area contributed by atoms with E-state index in [-0.39, 0.29) is 11.4 Å². The van der Waals surface area contributed by atoms with Crippen molar-refractivity contribution in [3.8, 4) is 0 Å². The van der Waals surface area contributed by atoms with Gasteiger partial charge in [-0.3, -0.25) is 10.1 Å². The van der Waals surface area contributed by atoms with Crippen molar-refractivity contribution < 1.29 is 4.92 Å². The van der Waals surface area contributed by atoms with E-state index in [2.05, 4.69) is 13.8 Å². The fourth-order valence-corrected chi connectivity index (χ4v) is 1.90. The van der Waals surface area contributed by atoms with Crippen molar-refractivity contribution in [2.45, 2.75) is 26.7 Å². The lowest BCUT2D eigenvalue weighted by Crippen LogP contribution is -2.25. The number of anilines is 2. The molecule has 94 valence electrons. The highest BCUT2D eigenvalue weighted by atomic mass is 16.6. The standard InChI is InChI=1S/C12H19N3O2/c1-3-8-14(9-4-2)11-7-5-6-10(13)12(11)15(16)17/h5-7H,3-4,8-9,13H2,1-2H3. The third-order valence-electron chi connectivity index (χ3n) is 2.56. The molecule has 17 heavy (non-hydrogen) atoms. The van der Waals surface area contributed by atoms with Crippen LogP contribution in [-0.4, -0.2) is 18.0 Å². The second kappa shape index (κ2) is 6.08. The molecule has 1 aromatic rings. The van der Waals surface area contributed by atoms with Gasteiger partial charge >= 0.3 is 5.69 Å². The summed E-state index contributed by atoms with van der Waals surface area (Å²) in [6.45, 7) is 5.72. The Bertz CT molecular complexity index is 387. The molecule has 0 atom stereocenters. The molecule has 0 amide bonds. The summed E-state index contributed by atoms with van der Waals surface area (Å²) in [5.41, 5.74) is 6.56. The minimum absolute atomic E-state index is 0.0226. The molecular formula is C12H19N3O2. The van der Waals surface area contributed by atoms with Crippen molar-refractivity contribution in [3.05, 3.63) is 28.3 Å². The van der Waals surface area contributed by atoms with Crippen LogP contribution >= 0.6 is 0 Å². The summed E-state index contributed by atoms with van der Waals surface area (Å²) < 4.78 is 0. The van der Waals surface area contributed by atoms with Gasteiger partial charge in [-0.25, -0.2) is 0 Å². The van der Waals surface area contributed by atoms with Crippen LogP contribution in [0.5, 0.6) is 0 Å². The first-order chi connectivity index (χ1) is 8.11. The number of nitrogens with two attached hydrogens (primary N) is 1. The molecular weight excluding hydrogens is 218 g/mol. The number of benzene rings is 1. The van der Waals surface area contributed by atoms with Crippen molar-refractivity contribution in [2.75, 3.05) is 23.7 Å². The molecule has 0 saturated heterocycles. The highest BCUT2D eigenvalue weighted by molar-refractivity contribution is 5.75. The van der Waals surface area contributed by atoms with Gasteiger partial charge in [-0.1, -0.05) is 19.9 Å². The highest BCUT2D eigenvalue weighted by Crippen LogP contribution is 2.33. The summed E-state index contributed by atoms with van der Waals surface area (Å²) in [4.78, 5) is 12.7. The van der Waals surface area contributed by atoms with Gasteiger partial charge in [-0.05, 0) is 25.0 Å². The Balaban J connectivity index is 3.17. The smallest absolute Gasteiger partial charge is 0.315 e. The molecule has 1 rings (SSSR count). The van der Waals surface area contributed by atoms with Gasteiger partial charge < -0.3 is 10.6 Å². The third kappa shape index (κ3) is 3.09. The summed E-state index contributed by atoms with van der Waals surface area (Å²) >= 11 is 0. The van der Waals surface area contributed by atoms with E-state index in [9.17, 15) is 10.1 Å². The molecule has 0 radical (unpaired) electrons. The Hall–Kier alpha value is -1.78. The largest absolute Gasteiger partial charge is 0.393 e. The zero-order chi connectivity index (χ0) is 12.8. The average Bonchev–Trinajstić information content (AvgIpc) is 2.28. The van der Waals surface area contributed by atoms with Gasteiger partial charge in [0.05, 0.1) is 4.92 Å². The Labute approximate surface area is 101 Å². The Morgan fingerprint density at radius 3 is 2.35 bits per heavy atom.